The number of carbonyl (C=O) groups excluding carboxylic acids is 1. The quantitative estimate of drug-likeness (QED) is 0.856. The average Bonchev–Trinajstić information content (AvgIpc) is 3.29. The minimum atomic E-state index is -0.236. The van der Waals surface area contributed by atoms with Crippen LogP contribution in [0.1, 0.15) is 22.5 Å². The van der Waals surface area contributed by atoms with E-state index in [9.17, 15) is 4.79 Å². The first-order valence-electron chi connectivity index (χ1n) is 7.67. The molecule has 1 aliphatic heterocycles. The molecule has 7 nitrogen and oxygen atoms in total. The Morgan fingerprint density at radius 3 is 3.04 bits per heavy atom. The van der Waals surface area contributed by atoms with Gasteiger partial charge in [0.15, 0.2) is 6.19 Å². The lowest BCUT2D eigenvalue weighted by Crippen LogP contribution is -2.30. The van der Waals surface area contributed by atoms with E-state index in [1.54, 1.807) is 40.2 Å². The number of carbonyl (C=O) groups is 1. The second kappa shape index (κ2) is 6.84. The number of aromatic nitrogens is 2. The average molecular weight is 320 g/mol. The third kappa shape index (κ3) is 3.36. The SMILES string of the molecule is N#Cc1cccc(-n2cnc(C(=O)NCC3CCN(C#N)C3)c2)c1. The molecule has 1 fully saturated rings. The molecule has 1 aliphatic rings. The number of amides is 1. The van der Waals surface area contributed by atoms with Crippen LogP contribution in [0.15, 0.2) is 36.8 Å². The van der Waals surface area contributed by atoms with Crippen molar-refractivity contribution < 1.29 is 4.79 Å². The highest BCUT2D eigenvalue weighted by molar-refractivity contribution is 5.92. The number of nitrogens with zero attached hydrogens (tertiary/aromatic N) is 5. The first kappa shape index (κ1) is 15.6. The summed E-state index contributed by atoms with van der Waals surface area (Å²) in [6.45, 7) is 1.97. The van der Waals surface area contributed by atoms with Crippen molar-refractivity contribution in [1.29, 1.82) is 10.5 Å². The molecule has 1 amide bonds. The molecule has 2 heterocycles. The Balaban J connectivity index is 1.62. The van der Waals surface area contributed by atoms with Gasteiger partial charge in [-0.3, -0.25) is 4.79 Å². The van der Waals surface area contributed by atoms with Crippen molar-refractivity contribution in [2.45, 2.75) is 6.42 Å². The molecule has 1 N–H and O–H groups in total. The van der Waals surface area contributed by atoms with Crippen LogP contribution in [-0.2, 0) is 0 Å². The molecule has 1 aromatic heterocycles. The van der Waals surface area contributed by atoms with Crippen LogP contribution in [0.5, 0.6) is 0 Å². The largest absolute Gasteiger partial charge is 0.350 e. The molecule has 1 aromatic carbocycles. The van der Waals surface area contributed by atoms with Gasteiger partial charge >= 0.3 is 0 Å². The normalized spacial score (nSPS) is 16.4. The monoisotopic (exact) mass is 320 g/mol. The van der Waals surface area contributed by atoms with E-state index in [4.69, 9.17) is 10.5 Å². The van der Waals surface area contributed by atoms with Crippen LogP contribution >= 0.6 is 0 Å². The van der Waals surface area contributed by atoms with Gasteiger partial charge in [0.2, 0.25) is 0 Å². The Labute approximate surface area is 139 Å². The molecule has 2 aromatic rings. The molecular weight excluding hydrogens is 304 g/mol. The van der Waals surface area contributed by atoms with Gasteiger partial charge in [0.1, 0.15) is 12.0 Å². The smallest absolute Gasteiger partial charge is 0.271 e. The third-order valence-electron chi connectivity index (χ3n) is 4.07. The van der Waals surface area contributed by atoms with Crippen LogP contribution in [0.2, 0.25) is 0 Å². The number of nitrogens with one attached hydrogen (secondary N) is 1. The summed E-state index contributed by atoms with van der Waals surface area (Å²) in [5, 5.41) is 20.7. The summed E-state index contributed by atoms with van der Waals surface area (Å²) in [6.07, 6.45) is 6.23. The fraction of sp³-hybridized carbons (Fsp3) is 0.294. The molecule has 3 rings (SSSR count). The van der Waals surface area contributed by atoms with E-state index in [0.29, 0.717) is 30.3 Å². The predicted octanol–water partition coefficient (Wildman–Crippen LogP) is 1.28. The lowest BCUT2D eigenvalue weighted by Gasteiger charge is -2.10. The number of hydrogen-bond donors (Lipinski definition) is 1. The Morgan fingerprint density at radius 1 is 1.42 bits per heavy atom. The predicted molar refractivity (Wildman–Crippen MR) is 85.9 cm³/mol. The van der Waals surface area contributed by atoms with E-state index in [1.807, 2.05) is 6.07 Å². The van der Waals surface area contributed by atoms with E-state index >= 15 is 0 Å². The summed E-state index contributed by atoms with van der Waals surface area (Å²) in [4.78, 5) is 18.0. The van der Waals surface area contributed by atoms with Gasteiger partial charge in [0.05, 0.1) is 11.6 Å². The zero-order valence-electron chi connectivity index (χ0n) is 13.0. The van der Waals surface area contributed by atoms with Gasteiger partial charge in [-0.05, 0) is 30.5 Å². The van der Waals surface area contributed by atoms with Crippen molar-refractivity contribution in [2.75, 3.05) is 19.6 Å². The Hall–Kier alpha value is -3.32. The second-order valence-electron chi connectivity index (χ2n) is 5.74. The molecule has 0 radical (unpaired) electrons. The van der Waals surface area contributed by atoms with Crippen LogP contribution in [-0.4, -0.2) is 40.0 Å². The van der Waals surface area contributed by atoms with Crippen LogP contribution in [0.4, 0.5) is 0 Å². The Kier molecular flexibility index (Phi) is 4.44. The van der Waals surface area contributed by atoms with E-state index in [2.05, 4.69) is 22.6 Å². The van der Waals surface area contributed by atoms with Crippen molar-refractivity contribution in [3.8, 4) is 17.9 Å². The van der Waals surface area contributed by atoms with E-state index in [-0.39, 0.29) is 5.91 Å². The Morgan fingerprint density at radius 2 is 2.29 bits per heavy atom. The number of benzene rings is 1. The summed E-state index contributed by atoms with van der Waals surface area (Å²) in [7, 11) is 0. The zero-order valence-corrected chi connectivity index (χ0v) is 13.0. The van der Waals surface area contributed by atoms with Crippen molar-refractivity contribution >= 4 is 5.91 Å². The van der Waals surface area contributed by atoms with Gasteiger partial charge in [-0.2, -0.15) is 10.5 Å². The topological polar surface area (TPSA) is 97.7 Å². The first-order chi connectivity index (χ1) is 11.7. The summed E-state index contributed by atoms with van der Waals surface area (Å²) in [5.74, 6) is 0.0589. The molecule has 0 saturated carbocycles. The fourth-order valence-corrected chi connectivity index (χ4v) is 2.74. The maximum absolute atomic E-state index is 12.2. The van der Waals surface area contributed by atoms with Crippen LogP contribution in [0.25, 0.3) is 5.69 Å². The van der Waals surface area contributed by atoms with Crippen molar-refractivity contribution in [1.82, 2.24) is 19.8 Å². The molecule has 0 spiro atoms. The summed E-state index contributed by atoms with van der Waals surface area (Å²) in [6, 6.07) is 9.18. The number of likely N-dealkylation sites (tertiary alicyclic amines) is 1. The van der Waals surface area contributed by atoms with Crippen LogP contribution in [0, 0.1) is 28.7 Å². The molecule has 7 heteroatoms. The molecule has 120 valence electrons. The number of nitriles is 2. The number of rotatable bonds is 4. The first-order valence-corrected chi connectivity index (χ1v) is 7.67. The third-order valence-corrected chi connectivity index (χ3v) is 4.07. The molecule has 24 heavy (non-hydrogen) atoms. The maximum atomic E-state index is 12.2. The summed E-state index contributed by atoms with van der Waals surface area (Å²) < 4.78 is 1.71. The fourth-order valence-electron chi connectivity index (χ4n) is 2.74. The lowest BCUT2D eigenvalue weighted by molar-refractivity contribution is 0.0943. The van der Waals surface area contributed by atoms with Gasteiger partial charge in [-0.15, -0.1) is 0 Å². The van der Waals surface area contributed by atoms with Crippen molar-refractivity contribution in [2.24, 2.45) is 5.92 Å². The minimum Gasteiger partial charge on any atom is -0.350 e. The zero-order chi connectivity index (χ0) is 16.9. The van der Waals surface area contributed by atoms with Gasteiger partial charge in [-0.1, -0.05) is 6.07 Å². The number of imidazole rings is 1. The van der Waals surface area contributed by atoms with E-state index < -0.39 is 0 Å². The highest BCUT2D eigenvalue weighted by Crippen LogP contribution is 2.14. The van der Waals surface area contributed by atoms with Gasteiger partial charge < -0.3 is 14.8 Å². The van der Waals surface area contributed by atoms with Crippen LogP contribution < -0.4 is 5.32 Å². The maximum Gasteiger partial charge on any atom is 0.271 e. The number of hydrogen-bond acceptors (Lipinski definition) is 5. The Bertz CT molecular complexity index is 828. The minimum absolute atomic E-state index is 0.236. The highest BCUT2D eigenvalue weighted by atomic mass is 16.1. The van der Waals surface area contributed by atoms with Crippen molar-refractivity contribution in [3.05, 3.63) is 48.0 Å². The van der Waals surface area contributed by atoms with Gasteiger partial charge in [0, 0.05) is 31.5 Å². The highest BCUT2D eigenvalue weighted by Gasteiger charge is 2.22. The van der Waals surface area contributed by atoms with E-state index in [1.165, 1.54) is 0 Å². The molecule has 0 bridgehead atoms. The standard InChI is InChI=1S/C17H16N6O/c18-7-13-2-1-3-15(6-13)23-10-16(21-12-23)17(24)20-8-14-4-5-22(9-14)11-19/h1-3,6,10,12,14H,4-5,8-9H2,(H,20,24). The molecule has 0 aliphatic carbocycles. The summed E-state index contributed by atoms with van der Waals surface area (Å²) in [5.41, 5.74) is 1.66. The van der Waals surface area contributed by atoms with Gasteiger partial charge in [-0.25, -0.2) is 4.98 Å². The molecule has 1 saturated heterocycles. The lowest BCUT2D eigenvalue weighted by atomic mass is 10.1. The summed E-state index contributed by atoms with van der Waals surface area (Å²) >= 11 is 0. The molecule has 1 unspecified atom stereocenters. The molecule has 1 atom stereocenters. The molecular formula is C17H16N6O. The van der Waals surface area contributed by atoms with Crippen molar-refractivity contribution in [3.63, 3.8) is 0 Å². The van der Waals surface area contributed by atoms with E-state index in [0.717, 1.165) is 18.7 Å². The van der Waals surface area contributed by atoms with Crippen LogP contribution in [0.3, 0.4) is 0 Å². The second-order valence-corrected chi connectivity index (χ2v) is 5.74. The van der Waals surface area contributed by atoms with Gasteiger partial charge in [0.25, 0.3) is 5.91 Å².